The zero-order valence-electron chi connectivity index (χ0n) is 14.7. The van der Waals surface area contributed by atoms with Gasteiger partial charge in [-0.1, -0.05) is 0 Å². The molecule has 0 aromatic carbocycles. The van der Waals surface area contributed by atoms with E-state index in [1.807, 2.05) is 0 Å². The zero-order chi connectivity index (χ0) is 19.3. The first kappa shape index (κ1) is 19.6. The number of nitrogens with zero attached hydrogens (tertiary/aromatic N) is 2. The van der Waals surface area contributed by atoms with Gasteiger partial charge in [-0.25, -0.2) is 9.78 Å². The molecule has 9 nitrogen and oxygen atoms in total. The Morgan fingerprint density at radius 1 is 1.38 bits per heavy atom. The molecule has 0 aliphatic heterocycles. The van der Waals surface area contributed by atoms with E-state index in [1.54, 1.807) is 19.2 Å². The molecule has 2 N–H and O–H groups in total. The number of aromatic nitrogens is 3. The third kappa shape index (κ3) is 4.88. The Labute approximate surface area is 153 Å². The number of H-pyrrole nitrogens is 1. The van der Waals surface area contributed by atoms with E-state index in [9.17, 15) is 19.2 Å². The number of hydrogen-bond acceptors (Lipinski definition) is 7. The summed E-state index contributed by atoms with van der Waals surface area (Å²) in [5.41, 5.74) is 0.470. The van der Waals surface area contributed by atoms with E-state index >= 15 is 0 Å². The van der Waals surface area contributed by atoms with Gasteiger partial charge in [-0.15, -0.1) is 11.3 Å². The number of amides is 1. The highest BCUT2D eigenvalue weighted by Crippen LogP contribution is 2.16. The summed E-state index contributed by atoms with van der Waals surface area (Å²) >= 11 is 1.21. The maximum atomic E-state index is 12.1. The van der Waals surface area contributed by atoms with Gasteiger partial charge in [0, 0.05) is 30.1 Å². The van der Waals surface area contributed by atoms with Crippen molar-refractivity contribution < 1.29 is 14.3 Å². The quantitative estimate of drug-likeness (QED) is 0.675. The largest absolute Gasteiger partial charge is 0.466 e. The van der Waals surface area contributed by atoms with Crippen LogP contribution in [-0.4, -0.2) is 33.0 Å². The van der Waals surface area contributed by atoms with Crippen LogP contribution in [0, 0.1) is 6.92 Å². The highest BCUT2D eigenvalue weighted by molar-refractivity contribution is 7.13. The highest BCUT2D eigenvalue weighted by Gasteiger charge is 2.13. The third-order valence-corrected chi connectivity index (χ3v) is 4.45. The van der Waals surface area contributed by atoms with Crippen LogP contribution in [0.5, 0.6) is 0 Å². The lowest BCUT2D eigenvalue weighted by Gasteiger charge is -2.06. The molecule has 0 bridgehead atoms. The lowest BCUT2D eigenvalue weighted by atomic mass is 10.1. The molecule has 2 rings (SSSR count). The first-order chi connectivity index (χ1) is 12.3. The lowest BCUT2D eigenvalue weighted by molar-refractivity contribution is -0.142. The van der Waals surface area contributed by atoms with Crippen LogP contribution in [0.25, 0.3) is 0 Å². The van der Waals surface area contributed by atoms with Crippen LogP contribution < -0.4 is 16.6 Å². The normalized spacial score (nSPS) is 10.6. The van der Waals surface area contributed by atoms with Crippen molar-refractivity contribution in [3.05, 3.63) is 43.2 Å². The number of ether oxygens (including phenoxy) is 1. The predicted molar refractivity (Wildman–Crippen MR) is 96.4 cm³/mol. The summed E-state index contributed by atoms with van der Waals surface area (Å²) in [5.74, 6) is -0.685. The molecule has 2 aromatic rings. The standard InChI is InChI=1S/C16H20N4O5S/c1-4-25-13(22)7-10-8-26-15(18-10)19-12(21)6-5-11-9(2)17-16(24)20(3)14(11)23/h8H,4-7H2,1-3H3,(H,17,24)(H,18,19,21). The number of aromatic amines is 1. The molecule has 2 aromatic heterocycles. The molecule has 0 fully saturated rings. The Balaban J connectivity index is 1.95. The van der Waals surface area contributed by atoms with Crippen molar-refractivity contribution in [1.29, 1.82) is 0 Å². The minimum absolute atomic E-state index is 0.0484. The maximum absolute atomic E-state index is 12.1. The van der Waals surface area contributed by atoms with Gasteiger partial charge in [-0.05, 0) is 20.3 Å². The first-order valence-electron chi connectivity index (χ1n) is 8.00. The molecule has 0 unspecified atom stereocenters. The molecule has 0 saturated heterocycles. The van der Waals surface area contributed by atoms with Crippen LogP contribution in [0.1, 0.15) is 30.3 Å². The minimum atomic E-state index is -0.488. The third-order valence-electron chi connectivity index (χ3n) is 3.65. The van der Waals surface area contributed by atoms with Gasteiger partial charge in [0.25, 0.3) is 5.56 Å². The van der Waals surface area contributed by atoms with Crippen molar-refractivity contribution in [3.63, 3.8) is 0 Å². The van der Waals surface area contributed by atoms with E-state index in [0.717, 1.165) is 4.57 Å². The number of hydrogen-bond donors (Lipinski definition) is 2. The monoisotopic (exact) mass is 380 g/mol. The number of carbonyl (C=O) groups excluding carboxylic acids is 2. The average Bonchev–Trinajstić information content (AvgIpc) is 2.99. The molecule has 0 aliphatic carbocycles. The average molecular weight is 380 g/mol. The second kappa shape index (κ2) is 8.56. The molecule has 0 spiro atoms. The van der Waals surface area contributed by atoms with Gasteiger partial charge < -0.3 is 15.0 Å². The van der Waals surface area contributed by atoms with Gasteiger partial charge in [0.1, 0.15) is 0 Å². The second-order valence-electron chi connectivity index (χ2n) is 5.57. The fraction of sp³-hybridized carbons (Fsp3) is 0.438. The first-order valence-corrected chi connectivity index (χ1v) is 8.88. The molecule has 0 aliphatic rings. The van der Waals surface area contributed by atoms with Crippen molar-refractivity contribution in [2.24, 2.45) is 7.05 Å². The highest BCUT2D eigenvalue weighted by atomic mass is 32.1. The molecule has 2 heterocycles. The van der Waals surface area contributed by atoms with Gasteiger partial charge in [-0.2, -0.15) is 0 Å². The van der Waals surface area contributed by atoms with Gasteiger partial charge >= 0.3 is 11.7 Å². The molecule has 0 saturated carbocycles. The topological polar surface area (TPSA) is 123 Å². The maximum Gasteiger partial charge on any atom is 0.328 e. The van der Waals surface area contributed by atoms with Crippen molar-refractivity contribution in [2.45, 2.75) is 33.1 Å². The zero-order valence-corrected chi connectivity index (χ0v) is 15.6. The van der Waals surface area contributed by atoms with Crippen LogP contribution in [0.2, 0.25) is 0 Å². The molecule has 0 radical (unpaired) electrons. The van der Waals surface area contributed by atoms with E-state index in [0.29, 0.717) is 28.7 Å². The SMILES string of the molecule is CCOC(=O)Cc1csc(NC(=O)CCc2c(C)[nH]c(=O)n(C)c2=O)n1. The van der Waals surface area contributed by atoms with E-state index in [-0.39, 0.29) is 31.1 Å². The number of carbonyl (C=O) groups is 2. The van der Waals surface area contributed by atoms with Crippen molar-refractivity contribution in [1.82, 2.24) is 14.5 Å². The summed E-state index contributed by atoms with van der Waals surface area (Å²) in [6.45, 7) is 3.65. The fourth-order valence-electron chi connectivity index (χ4n) is 2.29. The van der Waals surface area contributed by atoms with Crippen LogP contribution in [0.3, 0.4) is 0 Å². The Morgan fingerprint density at radius 3 is 2.81 bits per heavy atom. The Bertz CT molecular complexity index is 927. The van der Waals surface area contributed by atoms with Crippen LogP contribution in [0.15, 0.2) is 15.0 Å². The van der Waals surface area contributed by atoms with E-state index in [2.05, 4.69) is 15.3 Å². The Hall–Kier alpha value is -2.75. The summed E-state index contributed by atoms with van der Waals surface area (Å²) < 4.78 is 5.82. The summed E-state index contributed by atoms with van der Waals surface area (Å²) in [4.78, 5) is 53.8. The van der Waals surface area contributed by atoms with Crippen LogP contribution in [0.4, 0.5) is 5.13 Å². The molecular weight excluding hydrogens is 360 g/mol. The molecule has 140 valence electrons. The van der Waals surface area contributed by atoms with Crippen molar-refractivity contribution in [3.8, 4) is 0 Å². The molecular formula is C16H20N4O5S. The van der Waals surface area contributed by atoms with Gasteiger partial charge in [0.05, 0.1) is 18.7 Å². The number of thiazole rings is 1. The molecule has 10 heteroatoms. The Morgan fingerprint density at radius 2 is 2.12 bits per heavy atom. The molecule has 0 atom stereocenters. The fourth-order valence-corrected chi connectivity index (χ4v) is 3.02. The van der Waals surface area contributed by atoms with E-state index in [1.165, 1.54) is 18.4 Å². The summed E-state index contributed by atoms with van der Waals surface area (Å²) in [6, 6.07) is 0. The number of nitrogens with one attached hydrogen (secondary N) is 2. The van der Waals surface area contributed by atoms with Gasteiger partial charge in [-0.3, -0.25) is 19.0 Å². The lowest BCUT2D eigenvalue weighted by Crippen LogP contribution is -2.36. The summed E-state index contributed by atoms with van der Waals surface area (Å²) in [5, 5.41) is 4.69. The van der Waals surface area contributed by atoms with Gasteiger partial charge in [0.15, 0.2) is 5.13 Å². The van der Waals surface area contributed by atoms with E-state index < -0.39 is 11.2 Å². The number of aryl methyl sites for hydroxylation is 1. The summed E-state index contributed by atoms with van der Waals surface area (Å²) in [6.07, 6.45) is 0.309. The van der Waals surface area contributed by atoms with E-state index in [4.69, 9.17) is 4.74 Å². The summed E-state index contributed by atoms with van der Waals surface area (Å²) in [7, 11) is 1.38. The smallest absolute Gasteiger partial charge is 0.328 e. The second-order valence-corrected chi connectivity index (χ2v) is 6.43. The van der Waals surface area contributed by atoms with Crippen LogP contribution >= 0.6 is 11.3 Å². The van der Waals surface area contributed by atoms with Crippen molar-refractivity contribution in [2.75, 3.05) is 11.9 Å². The van der Waals surface area contributed by atoms with Gasteiger partial charge in [0.2, 0.25) is 5.91 Å². The number of anilines is 1. The Kier molecular flexibility index (Phi) is 6.45. The number of esters is 1. The molecule has 1 amide bonds. The van der Waals surface area contributed by atoms with Crippen LogP contribution in [-0.2, 0) is 34.2 Å². The minimum Gasteiger partial charge on any atom is -0.466 e. The predicted octanol–water partition coefficient (Wildman–Crippen LogP) is 0.515. The molecule has 26 heavy (non-hydrogen) atoms. The van der Waals surface area contributed by atoms with Crippen molar-refractivity contribution >= 4 is 28.3 Å². The number of rotatable bonds is 7.